The second kappa shape index (κ2) is 6.79. The summed E-state index contributed by atoms with van der Waals surface area (Å²) in [6.45, 7) is 2.86. The molecule has 2 unspecified atom stereocenters. The number of piperazine rings is 1. The van der Waals surface area contributed by atoms with E-state index in [0.717, 1.165) is 26.1 Å². The van der Waals surface area contributed by atoms with Crippen molar-refractivity contribution in [2.75, 3.05) is 13.1 Å². The first-order valence-corrected chi connectivity index (χ1v) is 10.4. The molecule has 0 radical (unpaired) electrons. The standard InChI is InChI=1S/C22H20N6O3/c29-21-17-7-4-8-23-18(17)22(30)20-19(21)24-28(31)27(20)13-26-12-15-9-16(26)11-25(15)10-14-5-2-1-3-6-14/h1-8,15-16H,9-13H2. The number of aromatic nitrogens is 4. The molecule has 0 spiro atoms. The Bertz CT molecular complexity index is 1210. The van der Waals surface area contributed by atoms with Crippen molar-refractivity contribution in [2.45, 2.75) is 31.7 Å². The lowest BCUT2D eigenvalue weighted by atomic mass is 9.94. The van der Waals surface area contributed by atoms with Crippen LogP contribution in [0, 0.1) is 5.21 Å². The highest BCUT2D eigenvalue weighted by Gasteiger charge is 2.46. The van der Waals surface area contributed by atoms with E-state index >= 15 is 0 Å². The second-order valence-electron chi connectivity index (χ2n) is 8.38. The molecule has 0 saturated carbocycles. The number of carbonyl (C=O) groups is 2. The zero-order valence-corrected chi connectivity index (χ0v) is 16.7. The summed E-state index contributed by atoms with van der Waals surface area (Å²) < 4.78 is 1.27. The molecule has 2 fully saturated rings. The van der Waals surface area contributed by atoms with Gasteiger partial charge in [-0.15, -0.1) is 0 Å². The quantitative estimate of drug-likeness (QED) is 0.355. The Morgan fingerprint density at radius 2 is 1.74 bits per heavy atom. The summed E-state index contributed by atoms with van der Waals surface area (Å²) in [4.78, 5) is 34.9. The molecule has 2 aromatic heterocycles. The van der Waals surface area contributed by atoms with E-state index in [1.165, 1.54) is 16.4 Å². The number of pyridine rings is 1. The van der Waals surface area contributed by atoms with Crippen molar-refractivity contribution in [3.05, 3.63) is 82.1 Å². The van der Waals surface area contributed by atoms with Crippen LogP contribution in [-0.4, -0.2) is 61.3 Å². The van der Waals surface area contributed by atoms with Crippen molar-refractivity contribution in [3.8, 4) is 0 Å². The van der Waals surface area contributed by atoms with Crippen molar-refractivity contribution < 1.29 is 14.5 Å². The molecule has 31 heavy (non-hydrogen) atoms. The van der Waals surface area contributed by atoms with Crippen molar-refractivity contribution in [3.63, 3.8) is 0 Å². The van der Waals surface area contributed by atoms with Crippen molar-refractivity contribution in [1.82, 2.24) is 24.6 Å². The first-order valence-electron chi connectivity index (χ1n) is 10.4. The predicted molar refractivity (Wildman–Crippen MR) is 108 cm³/mol. The molecular formula is C22H20N6O3. The van der Waals surface area contributed by atoms with Gasteiger partial charge in [0.05, 0.1) is 5.56 Å². The van der Waals surface area contributed by atoms with E-state index in [9.17, 15) is 14.8 Å². The summed E-state index contributed by atoms with van der Waals surface area (Å²) in [7, 11) is 0. The van der Waals surface area contributed by atoms with E-state index in [1.807, 2.05) is 6.07 Å². The van der Waals surface area contributed by atoms with E-state index in [1.54, 1.807) is 12.1 Å². The van der Waals surface area contributed by atoms with Crippen LogP contribution in [0.1, 0.15) is 44.2 Å². The Balaban J connectivity index is 1.23. The molecule has 6 rings (SSSR count). The fourth-order valence-electron chi connectivity index (χ4n) is 5.09. The topological polar surface area (TPSA) is 98.3 Å². The molecule has 2 saturated heterocycles. The Morgan fingerprint density at radius 1 is 0.968 bits per heavy atom. The molecule has 1 aromatic carbocycles. The summed E-state index contributed by atoms with van der Waals surface area (Å²) in [5, 5.41) is 16.4. The maximum atomic E-state index is 13.0. The van der Waals surface area contributed by atoms with E-state index in [-0.39, 0.29) is 29.3 Å². The molecule has 3 aliphatic rings. The van der Waals surface area contributed by atoms with Crippen LogP contribution in [-0.2, 0) is 13.2 Å². The molecule has 156 valence electrons. The van der Waals surface area contributed by atoms with Crippen molar-refractivity contribution in [1.29, 1.82) is 0 Å². The zero-order valence-electron chi connectivity index (χ0n) is 16.7. The molecule has 1 aliphatic carbocycles. The maximum Gasteiger partial charge on any atom is 0.236 e. The van der Waals surface area contributed by atoms with Gasteiger partial charge >= 0.3 is 0 Å². The van der Waals surface area contributed by atoms with Crippen LogP contribution in [0.5, 0.6) is 0 Å². The van der Waals surface area contributed by atoms with Crippen LogP contribution in [0.25, 0.3) is 0 Å². The molecule has 2 atom stereocenters. The van der Waals surface area contributed by atoms with Gasteiger partial charge in [0.25, 0.3) is 0 Å². The summed E-state index contributed by atoms with van der Waals surface area (Å²) in [6, 6.07) is 14.2. The zero-order chi connectivity index (χ0) is 21.1. The molecule has 2 aliphatic heterocycles. The van der Waals surface area contributed by atoms with E-state index < -0.39 is 11.6 Å². The Hall–Kier alpha value is -3.43. The average molecular weight is 416 g/mol. The minimum absolute atomic E-state index is 0.0371. The highest BCUT2D eigenvalue weighted by Crippen LogP contribution is 2.33. The minimum Gasteiger partial charge on any atom is -0.571 e. The highest BCUT2D eigenvalue weighted by molar-refractivity contribution is 6.26. The van der Waals surface area contributed by atoms with E-state index in [4.69, 9.17) is 0 Å². The fraction of sp³-hybridized carbons (Fsp3) is 0.318. The fourth-order valence-corrected chi connectivity index (χ4v) is 5.09. The maximum absolute atomic E-state index is 13.0. The van der Waals surface area contributed by atoms with Gasteiger partial charge in [-0.2, -0.15) is 0 Å². The molecule has 4 heterocycles. The molecule has 3 aromatic rings. The number of hydrogen-bond donors (Lipinski definition) is 0. The largest absolute Gasteiger partial charge is 0.571 e. The Morgan fingerprint density at radius 3 is 2.52 bits per heavy atom. The van der Waals surface area contributed by atoms with Gasteiger partial charge in [0.2, 0.25) is 17.3 Å². The van der Waals surface area contributed by atoms with Gasteiger partial charge < -0.3 is 5.21 Å². The monoisotopic (exact) mass is 416 g/mol. The van der Waals surface area contributed by atoms with Gasteiger partial charge in [0.1, 0.15) is 12.4 Å². The molecule has 0 amide bonds. The molecule has 0 N–H and O–H groups in total. The summed E-state index contributed by atoms with van der Waals surface area (Å²) >= 11 is 0. The molecule has 9 heteroatoms. The molecular weight excluding hydrogens is 396 g/mol. The smallest absolute Gasteiger partial charge is 0.236 e. The number of ketones is 2. The third-order valence-electron chi connectivity index (χ3n) is 6.58. The van der Waals surface area contributed by atoms with Gasteiger partial charge in [-0.1, -0.05) is 35.0 Å². The van der Waals surface area contributed by atoms with Crippen LogP contribution in [0.2, 0.25) is 0 Å². The minimum atomic E-state index is -0.432. The van der Waals surface area contributed by atoms with Crippen molar-refractivity contribution in [2.24, 2.45) is 0 Å². The lowest BCUT2D eigenvalue weighted by Gasteiger charge is -2.33. The second-order valence-corrected chi connectivity index (χ2v) is 8.38. The lowest BCUT2D eigenvalue weighted by molar-refractivity contribution is -0.751. The average Bonchev–Trinajstić information content (AvgIpc) is 3.46. The SMILES string of the molecule is O=C1c2cccnc2C(=O)c2c1n[n+]([O-])n2CN1CC2CC1CN2Cc1ccccc1. The number of carbonyl (C=O) groups excluding carboxylic acids is 2. The first-order chi connectivity index (χ1) is 15.1. The van der Waals surface area contributed by atoms with Crippen LogP contribution in [0.3, 0.4) is 0 Å². The number of rotatable bonds is 4. The number of hydrogen-bond acceptors (Lipinski definition) is 7. The summed E-state index contributed by atoms with van der Waals surface area (Å²) in [5.41, 5.74) is 1.52. The third kappa shape index (κ3) is 2.81. The third-order valence-corrected chi connectivity index (χ3v) is 6.58. The number of benzene rings is 1. The van der Waals surface area contributed by atoms with Gasteiger partial charge in [0.15, 0.2) is 5.69 Å². The van der Waals surface area contributed by atoms with Crippen molar-refractivity contribution >= 4 is 11.6 Å². The normalized spacial score (nSPS) is 22.7. The van der Waals surface area contributed by atoms with Crippen LogP contribution < -0.4 is 4.96 Å². The van der Waals surface area contributed by atoms with Gasteiger partial charge in [0, 0.05) is 48.0 Å². The number of nitrogens with zero attached hydrogens (tertiary/aromatic N) is 6. The summed E-state index contributed by atoms with van der Waals surface area (Å²) in [5.74, 6) is -0.861. The number of fused-ring (bicyclic) bond motifs is 4. The van der Waals surface area contributed by atoms with Gasteiger partial charge in [-0.05, 0) is 24.1 Å². The summed E-state index contributed by atoms with van der Waals surface area (Å²) in [6.07, 6.45) is 2.50. The van der Waals surface area contributed by atoms with E-state index in [0.29, 0.717) is 17.0 Å². The first kappa shape index (κ1) is 18.3. The van der Waals surface area contributed by atoms with Gasteiger partial charge in [-0.3, -0.25) is 24.4 Å². The van der Waals surface area contributed by atoms with Gasteiger partial charge in [-0.25, -0.2) is 0 Å². The van der Waals surface area contributed by atoms with Crippen LogP contribution in [0.4, 0.5) is 0 Å². The van der Waals surface area contributed by atoms with E-state index in [2.05, 4.69) is 44.1 Å². The molecule has 2 bridgehead atoms. The highest BCUT2D eigenvalue weighted by atomic mass is 16.5. The predicted octanol–water partition coefficient (Wildman–Crippen LogP) is 0.603. The van der Waals surface area contributed by atoms with Crippen LogP contribution in [0.15, 0.2) is 48.7 Å². The molecule has 9 nitrogen and oxygen atoms in total. The number of likely N-dealkylation sites (tertiary alicyclic amines) is 2. The van der Waals surface area contributed by atoms with Crippen LogP contribution >= 0.6 is 0 Å². The Labute approximate surface area is 178 Å². The lowest BCUT2D eigenvalue weighted by Crippen LogP contribution is -2.51. The Kier molecular flexibility index (Phi) is 4.02.